The summed E-state index contributed by atoms with van der Waals surface area (Å²) in [4.78, 5) is 12.4. The molecular weight excluding hydrogens is 276 g/mol. The van der Waals surface area contributed by atoms with Crippen LogP contribution in [0.4, 0.5) is 0 Å². The highest BCUT2D eigenvalue weighted by Gasteiger charge is 2.44. The summed E-state index contributed by atoms with van der Waals surface area (Å²) in [6.45, 7) is 2.66. The van der Waals surface area contributed by atoms with E-state index in [0.29, 0.717) is 18.8 Å². The molecule has 1 aliphatic heterocycles. The van der Waals surface area contributed by atoms with Crippen LogP contribution in [0.1, 0.15) is 38.2 Å². The Kier molecular flexibility index (Phi) is 2.93. The van der Waals surface area contributed by atoms with Crippen molar-refractivity contribution in [3.63, 3.8) is 0 Å². The van der Waals surface area contributed by atoms with Gasteiger partial charge in [-0.05, 0) is 55.0 Å². The van der Waals surface area contributed by atoms with Crippen molar-refractivity contribution in [2.75, 3.05) is 13.7 Å². The fraction of sp³-hybridized carbons (Fsp3) is 0.421. The van der Waals surface area contributed by atoms with E-state index < -0.39 is 0 Å². The van der Waals surface area contributed by atoms with Gasteiger partial charge in [0.15, 0.2) is 0 Å². The van der Waals surface area contributed by atoms with E-state index >= 15 is 0 Å². The first kappa shape index (κ1) is 13.6. The lowest BCUT2D eigenvalue weighted by Crippen LogP contribution is -2.37. The highest BCUT2D eigenvalue weighted by atomic mass is 16.5. The maximum absolute atomic E-state index is 12.4. The number of hydrogen-bond donors (Lipinski definition) is 0. The van der Waals surface area contributed by atoms with E-state index in [9.17, 15) is 4.79 Å². The molecule has 4 rings (SSSR count). The third-order valence-corrected chi connectivity index (χ3v) is 5.38. The van der Waals surface area contributed by atoms with E-state index in [4.69, 9.17) is 9.47 Å². The van der Waals surface area contributed by atoms with E-state index in [0.717, 1.165) is 36.3 Å². The summed E-state index contributed by atoms with van der Waals surface area (Å²) in [7, 11) is 1.67. The van der Waals surface area contributed by atoms with E-state index in [1.807, 2.05) is 12.1 Å². The van der Waals surface area contributed by atoms with Crippen molar-refractivity contribution in [1.82, 2.24) is 0 Å². The van der Waals surface area contributed by atoms with E-state index in [2.05, 4.69) is 19.1 Å². The number of carbonyl (C=O) groups excluding carboxylic acids is 1. The first-order valence-corrected chi connectivity index (χ1v) is 7.91. The van der Waals surface area contributed by atoms with Gasteiger partial charge in [0.2, 0.25) is 0 Å². The van der Waals surface area contributed by atoms with Crippen molar-refractivity contribution in [3.8, 4) is 11.5 Å². The molecule has 1 aromatic carbocycles. The van der Waals surface area contributed by atoms with Crippen molar-refractivity contribution in [2.45, 2.75) is 32.6 Å². The smallest absolute Gasteiger partial charge is 0.143 e. The summed E-state index contributed by atoms with van der Waals surface area (Å²) in [5.41, 5.74) is 4.65. The molecule has 3 aliphatic rings. The number of carbonyl (C=O) groups is 1. The molecule has 0 fully saturated rings. The molecule has 0 amide bonds. The zero-order valence-corrected chi connectivity index (χ0v) is 13.1. The van der Waals surface area contributed by atoms with Gasteiger partial charge in [-0.25, -0.2) is 0 Å². The number of hydrogen-bond acceptors (Lipinski definition) is 3. The summed E-state index contributed by atoms with van der Waals surface area (Å²) in [5, 5.41) is 0. The first-order chi connectivity index (χ1) is 10.6. The van der Waals surface area contributed by atoms with Gasteiger partial charge in [-0.15, -0.1) is 0 Å². The molecular formula is C19H20O3. The van der Waals surface area contributed by atoms with Crippen molar-refractivity contribution in [3.05, 3.63) is 41.0 Å². The fourth-order valence-electron chi connectivity index (χ4n) is 4.03. The second kappa shape index (κ2) is 4.73. The van der Waals surface area contributed by atoms with Crippen LogP contribution < -0.4 is 9.47 Å². The number of benzene rings is 1. The molecule has 2 aliphatic carbocycles. The molecule has 0 bridgehead atoms. The van der Waals surface area contributed by atoms with Crippen LogP contribution in [0.5, 0.6) is 11.5 Å². The number of methoxy groups -OCH3 is 1. The Labute approximate surface area is 130 Å². The Morgan fingerprint density at radius 3 is 2.91 bits per heavy atom. The molecule has 1 aromatic rings. The summed E-state index contributed by atoms with van der Waals surface area (Å²) in [6.07, 6.45) is 5.64. The quantitative estimate of drug-likeness (QED) is 0.787. The molecule has 1 heterocycles. The van der Waals surface area contributed by atoms with Gasteiger partial charge in [-0.1, -0.05) is 6.08 Å². The Bertz CT molecular complexity index is 726. The van der Waals surface area contributed by atoms with E-state index in [1.165, 1.54) is 16.7 Å². The maximum Gasteiger partial charge on any atom is 0.143 e. The average molecular weight is 296 g/mol. The first-order valence-electron chi connectivity index (χ1n) is 7.91. The molecule has 0 saturated heterocycles. The van der Waals surface area contributed by atoms with Crippen molar-refractivity contribution < 1.29 is 14.3 Å². The molecule has 0 N–H and O–H groups in total. The lowest BCUT2D eigenvalue weighted by atomic mass is 9.62. The van der Waals surface area contributed by atoms with Crippen LogP contribution in [-0.4, -0.2) is 19.5 Å². The number of fused-ring (bicyclic) bond motifs is 4. The van der Waals surface area contributed by atoms with Crippen LogP contribution in [0.25, 0.3) is 5.57 Å². The van der Waals surface area contributed by atoms with E-state index in [-0.39, 0.29) is 5.41 Å². The SMILES string of the molecule is COc1ccc2c(c1)OCC1=C2CCC2(C)C(=O)CCC=C12. The minimum atomic E-state index is -0.301. The Hall–Kier alpha value is -2.03. The van der Waals surface area contributed by atoms with Crippen LogP contribution in [-0.2, 0) is 4.79 Å². The van der Waals surface area contributed by atoms with Gasteiger partial charge in [0, 0.05) is 18.1 Å². The number of allylic oxidation sites excluding steroid dienone is 2. The third kappa shape index (κ3) is 1.78. The molecule has 1 atom stereocenters. The molecule has 3 heteroatoms. The normalized spacial score (nSPS) is 26.5. The van der Waals surface area contributed by atoms with Crippen LogP contribution in [0.2, 0.25) is 0 Å². The highest BCUT2D eigenvalue weighted by molar-refractivity contribution is 5.94. The lowest BCUT2D eigenvalue weighted by molar-refractivity contribution is -0.126. The largest absolute Gasteiger partial charge is 0.497 e. The van der Waals surface area contributed by atoms with E-state index in [1.54, 1.807) is 7.11 Å². The van der Waals surface area contributed by atoms with Crippen molar-refractivity contribution in [2.24, 2.45) is 5.41 Å². The van der Waals surface area contributed by atoms with Gasteiger partial charge in [-0.2, -0.15) is 0 Å². The summed E-state index contributed by atoms with van der Waals surface area (Å²) >= 11 is 0. The molecule has 0 spiro atoms. The summed E-state index contributed by atoms with van der Waals surface area (Å²) in [6, 6.07) is 6.01. The zero-order chi connectivity index (χ0) is 15.3. The number of rotatable bonds is 1. The Morgan fingerprint density at radius 2 is 2.09 bits per heavy atom. The van der Waals surface area contributed by atoms with Gasteiger partial charge in [0.05, 0.1) is 12.5 Å². The van der Waals surface area contributed by atoms with Gasteiger partial charge in [0.25, 0.3) is 0 Å². The second-order valence-corrected chi connectivity index (χ2v) is 6.52. The van der Waals surface area contributed by atoms with Gasteiger partial charge >= 0.3 is 0 Å². The molecule has 22 heavy (non-hydrogen) atoms. The number of ketones is 1. The predicted octanol–water partition coefficient (Wildman–Crippen LogP) is 3.93. The van der Waals surface area contributed by atoms with Gasteiger partial charge < -0.3 is 9.47 Å². The van der Waals surface area contributed by atoms with Crippen molar-refractivity contribution in [1.29, 1.82) is 0 Å². The van der Waals surface area contributed by atoms with Gasteiger partial charge in [0.1, 0.15) is 23.9 Å². The van der Waals surface area contributed by atoms with Crippen LogP contribution in [0.15, 0.2) is 35.4 Å². The predicted molar refractivity (Wildman–Crippen MR) is 85.1 cm³/mol. The minimum absolute atomic E-state index is 0.301. The standard InChI is InChI=1S/C19H20O3/c1-19-9-8-13-14-7-6-12(21-2)10-17(14)22-11-15(13)16(19)4-3-5-18(19)20/h4,6-7,10H,3,5,8-9,11H2,1-2H3. The fourth-order valence-corrected chi connectivity index (χ4v) is 4.03. The minimum Gasteiger partial charge on any atom is -0.497 e. The highest BCUT2D eigenvalue weighted by Crippen LogP contribution is 2.52. The zero-order valence-electron chi connectivity index (χ0n) is 13.1. The van der Waals surface area contributed by atoms with Crippen LogP contribution in [0.3, 0.4) is 0 Å². The molecule has 114 valence electrons. The second-order valence-electron chi connectivity index (χ2n) is 6.52. The van der Waals surface area contributed by atoms with Gasteiger partial charge in [-0.3, -0.25) is 4.79 Å². The summed E-state index contributed by atoms with van der Waals surface area (Å²) < 4.78 is 11.3. The molecule has 1 unspecified atom stereocenters. The number of ether oxygens (including phenoxy) is 2. The molecule has 0 aromatic heterocycles. The number of Topliss-reactive ketones (excluding diaryl/α,β-unsaturated/α-hetero) is 1. The maximum atomic E-state index is 12.4. The molecule has 0 saturated carbocycles. The van der Waals surface area contributed by atoms with Crippen LogP contribution in [0, 0.1) is 5.41 Å². The average Bonchev–Trinajstić information content (AvgIpc) is 2.55. The Morgan fingerprint density at radius 1 is 1.23 bits per heavy atom. The topological polar surface area (TPSA) is 35.5 Å². The van der Waals surface area contributed by atoms with Crippen LogP contribution >= 0.6 is 0 Å². The lowest BCUT2D eigenvalue weighted by Gasteiger charge is -2.42. The monoisotopic (exact) mass is 296 g/mol. The molecule has 3 nitrogen and oxygen atoms in total. The third-order valence-electron chi connectivity index (χ3n) is 5.38. The van der Waals surface area contributed by atoms with Crippen molar-refractivity contribution >= 4 is 11.4 Å². The Balaban J connectivity index is 1.85. The summed E-state index contributed by atoms with van der Waals surface area (Å²) in [5.74, 6) is 2.09. The molecule has 0 radical (unpaired) electrons.